The van der Waals surface area contributed by atoms with Crippen LogP contribution in [0.3, 0.4) is 0 Å². The monoisotopic (exact) mass is 470 g/mol. The van der Waals surface area contributed by atoms with Crippen LogP contribution in [0.25, 0.3) is 0 Å². The first kappa shape index (κ1) is 23.3. The highest BCUT2D eigenvalue weighted by Gasteiger charge is 2.37. The maximum atomic E-state index is 13.9. The average molecular weight is 471 g/mol. The van der Waals surface area contributed by atoms with Gasteiger partial charge in [-0.05, 0) is 46.8 Å². The Morgan fingerprint density at radius 2 is 1.64 bits per heavy atom. The van der Waals surface area contributed by atoms with Gasteiger partial charge in [0.1, 0.15) is 18.2 Å². The van der Waals surface area contributed by atoms with Crippen LogP contribution in [-0.4, -0.2) is 42.9 Å². The van der Waals surface area contributed by atoms with Gasteiger partial charge in [-0.2, -0.15) is 11.3 Å². The summed E-state index contributed by atoms with van der Waals surface area (Å²) in [4.78, 5) is 25.6. The van der Waals surface area contributed by atoms with Crippen molar-refractivity contribution in [3.8, 4) is 0 Å². The molecular formula is C26H26F2NO3S+. The number of Topliss-reactive ketones (excluding diaryl/α,β-unsaturated/α-hetero) is 1. The smallest absolute Gasteiger partial charge is 0.310 e. The Morgan fingerprint density at radius 3 is 2.15 bits per heavy atom. The van der Waals surface area contributed by atoms with Crippen LogP contribution >= 0.6 is 11.3 Å². The molecule has 33 heavy (non-hydrogen) atoms. The summed E-state index contributed by atoms with van der Waals surface area (Å²) in [5.74, 6) is -1.50. The number of likely N-dealkylation sites (tertiary alicyclic amines) is 1. The number of thiophene rings is 1. The zero-order valence-electron chi connectivity index (χ0n) is 18.4. The molecular weight excluding hydrogens is 444 g/mol. The van der Waals surface area contributed by atoms with E-state index in [0.717, 1.165) is 5.56 Å². The van der Waals surface area contributed by atoms with Crippen molar-refractivity contribution in [2.45, 2.75) is 18.9 Å². The Balaban J connectivity index is 1.44. The van der Waals surface area contributed by atoms with Crippen LogP contribution in [0.15, 0.2) is 65.4 Å². The molecule has 1 saturated heterocycles. The molecule has 2 aromatic carbocycles. The zero-order chi connectivity index (χ0) is 23.4. The van der Waals surface area contributed by atoms with Crippen LogP contribution in [0, 0.1) is 17.6 Å². The molecule has 0 saturated carbocycles. The molecule has 0 atom stereocenters. The van der Waals surface area contributed by atoms with E-state index in [4.69, 9.17) is 4.74 Å². The molecule has 1 aromatic heterocycles. The predicted octanol–water partition coefficient (Wildman–Crippen LogP) is 5.40. The zero-order valence-corrected chi connectivity index (χ0v) is 19.2. The van der Waals surface area contributed by atoms with Crippen molar-refractivity contribution in [2.24, 2.45) is 5.92 Å². The summed E-state index contributed by atoms with van der Waals surface area (Å²) in [6.07, 6.45) is 0.281. The number of hydrogen-bond donors (Lipinski definition) is 0. The number of ether oxygens (including phenoxy) is 1. The highest BCUT2D eigenvalue weighted by atomic mass is 32.1. The molecule has 0 spiro atoms. The molecule has 0 unspecified atom stereocenters. The lowest BCUT2D eigenvalue weighted by Gasteiger charge is -2.39. The third kappa shape index (κ3) is 5.72. The first-order valence-electron chi connectivity index (χ1n) is 10.9. The van der Waals surface area contributed by atoms with Gasteiger partial charge >= 0.3 is 5.97 Å². The lowest BCUT2D eigenvalue weighted by molar-refractivity contribution is -0.906. The first-order valence-corrected chi connectivity index (χ1v) is 11.9. The summed E-state index contributed by atoms with van der Waals surface area (Å²) >= 11 is 1.50. The van der Waals surface area contributed by atoms with Gasteiger partial charge < -0.3 is 9.22 Å². The number of benzene rings is 2. The Bertz CT molecular complexity index is 1080. The topological polar surface area (TPSA) is 43.4 Å². The second kappa shape index (κ2) is 9.93. The summed E-state index contributed by atoms with van der Waals surface area (Å²) in [7, 11) is 2.04. The largest absolute Gasteiger partial charge is 0.452 e. The quantitative estimate of drug-likeness (QED) is 0.264. The van der Waals surface area contributed by atoms with Crippen molar-refractivity contribution in [3.63, 3.8) is 0 Å². The molecule has 0 amide bonds. The molecule has 4 nitrogen and oxygen atoms in total. The van der Waals surface area contributed by atoms with Crippen molar-refractivity contribution in [2.75, 3.05) is 26.7 Å². The minimum Gasteiger partial charge on any atom is -0.452 e. The fraction of sp³-hybridized carbons (Fsp3) is 0.308. The van der Waals surface area contributed by atoms with Crippen LogP contribution in [0.2, 0.25) is 0 Å². The van der Waals surface area contributed by atoms with Gasteiger partial charge in [0, 0.05) is 23.8 Å². The van der Waals surface area contributed by atoms with E-state index in [0.29, 0.717) is 48.1 Å². The van der Waals surface area contributed by atoms with Crippen LogP contribution in [0.1, 0.15) is 40.4 Å². The lowest BCUT2D eigenvalue weighted by atomic mass is 9.94. The number of likely N-dealkylation sites (N-methyl/N-ethyl adjacent to an activating group) is 1. The first-order chi connectivity index (χ1) is 15.8. The van der Waals surface area contributed by atoms with Crippen molar-refractivity contribution in [1.29, 1.82) is 0 Å². The number of carbonyl (C=O) groups is 2. The fourth-order valence-electron chi connectivity index (χ4n) is 4.33. The lowest BCUT2D eigenvalue weighted by Crippen LogP contribution is -2.53. The summed E-state index contributed by atoms with van der Waals surface area (Å²) in [5.41, 5.74) is 1.63. The van der Waals surface area contributed by atoms with Gasteiger partial charge in [0.2, 0.25) is 5.78 Å². The second-order valence-corrected chi connectivity index (χ2v) is 9.64. The number of halogens is 2. The number of carbonyl (C=O) groups excluding carboxylic acids is 2. The van der Waals surface area contributed by atoms with E-state index < -0.39 is 17.7 Å². The average Bonchev–Trinajstić information content (AvgIpc) is 3.33. The molecule has 3 aromatic rings. The molecule has 2 heterocycles. The molecule has 1 fully saturated rings. The standard InChI is InChI=1S/C26H26F2NO3S/c1-29(16-24(30)21-10-13-33-17-21)11-8-18(9-12-29)26(31)32-25(19-4-2-6-22(27)14-19)20-5-3-7-23(28)15-20/h2-7,10,13-15,17-18,25H,8-9,11-12,16H2,1H3/q+1. The molecule has 0 radical (unpaired) electrons. The van der Waals surface area contributed by atoms with Crippen molar-refractivity contribution in [3.05, 3.63) is 93.7 Å². The van der Waals surface area contributed by atoms with Crippen LogP contribution in [0.5, 0.6) is 0 Å². The van der Waals surface area contributed by atoms with E-state index in [9.17, 15) is 18.4 Å². The SMILES string of the molecule is C[N+]1(CC(=O)c2ccsc2)CCC(C(=O)OC(c2cccc(F)c2)c2cccc(F)c2)CC1. The summed E-state index contributed by atoms with van der Waals surface area (Å²) in [6, 6.07) is 13.5. The number of hydrogen-bond acceptors (Lipinski definition) is 4. The van der Waals surface area contributed by atoms with E-state index >= 15 is 0 Å². The molecule has 1 aliphatic rings. The van der Waals surface area contributed by atoms with E-state index in [-0.39, 0.29) is 17.7 Å². The molecule has 4 rings (SSSR count). The van der Waals surface area contributed by atoms with E-state index in [1.807, 2.05) is 23.9 Å². The Kier molecular flexibility index (Phi) is 7.00. The number of piperidine rings is 1. The maximum Gasteiger partial charge on any atom is 0.310 e. The molecule has 0 N–H and O–H groups in total. The van der Waals surface area contributed by atoms with E-state index in [1.165, 1.54) is 35.6 Å². The molecule has 1 aliphatic heterocycles. The number of rotatable bonds is 7. The minimum atomic E-state index is -0.896. The van der Waals surface area contributed by atoms with Crippen LogP contribution < -0.4 is 0 Å². The number of nitrogens with zero attached hydrogens (tertiary/aromatic N) is 1. The fourth-order valence-corrected chi connectivity index (χ4v) is 4.99. The number of ketones is 1. The van der Waals surface area contributed by atoms with Crippen molar-refractivity contribution >= 4 is 23.1 Å². The Hall–Kier alpha value is -2.90. The van der Waals surface area contributed by atoms with Gasteiger partial charge in [0.15, 0.2) is 6.10 Å². The summed E-state index contributed by atoms with van der Waals surface area (Å²) < 4.78 is 34.1. The maximum absolute atomic E-state index is 13.9. The van der Waals surface area contributed by atoms with Gasteiger partial charge in [-0.3, -0.25) is 9.59 Å². The van der Waals surface area contributed by atoms with Gasteiger partial charge in [0.05, 0.1) is 26.1 Å². The third-order valence-corrected chi connectivity index (χ3v) is 6.96. The van der Waals surface area contributed by atoms with E-state index in [1.54, 1.807) is 24.3 Å². The summed E-state index contributed by atoms with van der Waals surface area (Å²) in [6.45, 7) is 1.76. The highest BCUT2D eigenvalue weighted by Crippen LogP contribution is 2.31. The van der Waals surface area contributed by atoms with Gasteiger partial charge in [-0.1, -0.05) is 24.3 Å². The molecule has 0 aliphatic carbocycles. The van der Waals surface area contributed by atoms with Crippen molar-refractivity contribution in [1.82, 2.24) is 0 Å². The number of esters is 1. The van der Waals surface area contributed by atoms with Crippen LogP contribution in [-0.2, 0) is 9.53 Å². The minimum absolute atomic E-state index is 0.108. The third-order valence-electron chi connectivity index (χ3n) is 6.27. The second-order valence-electron chi connectivity index (χ2n) is 8.86. The number of quaternary nitrogens is 1. The molecule has 0 bridgehead atoms. The van der Waals surface area contributed by atoms with Crippen LogP contribution in [0.4, 0.5) is 8.78 Å². The summed E-state index contributed by atoms with van der Waals surface area (Å²) in [5, 5.41) is 3.75. The predicted molar refractivity (Wildman–Crippen MR) is 123 cm³/mol. The molecule has 7 heteroatoms. The van der Waals surface area contributed by atoms with Gasteiger partial charge in [-0.25, -0.2) is 8.78 Å². The Morgan fingerprint density at radius 1 is 1.03 bits per heavy atom. The van der Waals surface area contributed by atoms with E-state index in [2.05, 4.69) is 0 Å². The molecule has 172 valence electrons. The van der Waals surface area contributed by atoms with Gasteiger partial charge in [0.25, 0.3) is 0 Å². The van der Waals surface area contributed by atoms with Crippen molar-refractivity contribution < 1.29 is 27.6 Å². The van der Waals surface area contributed by atoms with Gasteiger partial charge in [-0.15, -0.1) is 0 Å². The highest BCUT2D eigenvalue weighted by molar-refractivity contribution is 7.08. The normalized spacial score (nSPS) is 20.5. The Labute approximate surface area is 196 Å².